The summed E-state index contributed by atoms with van der Waals surface area (Å²) in [4.78, 5) is 0. The van der Waals surface area contributed by atoms with E-state index in [9.17, 15) is 8.78 Å². The van der Waals surface area contributed by atoms with E-state index in [1.54, 1.807) is 0 Å². The van der Waals surface area contributed by atoms with Gasteiger partial charge in [0.25, 0.3) is 0 Å². The zero-order valence-corrected chi connectivity index (χ0v) is 7.32. The lowest BCUT2D eigenvalue weighted by Crippen LogP contribution is -2.01. The predicted molar refractivity (Wildman–Crippen MR) is 49.4 cm³/mol. The molecule has 0 aromatic heterocycles. The average Bonchev–Trinajstić information content (AvgIpc) is 2.12. The third-order valence-corrected chi connectivity index (χ3v) is 1.68. The Morgan fingerprint density at radius 3 is 2.62 bits per heavy atom. The highest BCUT2D eigenvalue weighted by Gasteiger charge is 2.00. The van der Waals surface area contributed by atoms with Crippen LogP contribution in [0.3, 0.4) is 0 Å². The van der Waals surface area contributed by atoms with Gasteiger partial charge in [0.1, 0.15) is 0 Å². The Morgan fingerprint density at radius 1 is 1.23 bits per heavy atom. The van der Waals surface area contributed by atoms with Gasteiger partial charge < -0.3 is 5.32 Å². The van der Waals surface area contributed by atoms with E-state index in [1.165, 1.54) is 6.07 Å². The molecule has 1 nitrogen and oxygen atoms in total. The van der Waals surface area contributed by atoms with Crippen molar-refractivity contribution in [2.24, 2.45) is 0 Å². The first-order valence-corrected chi connectivity index (χ1v) is 4.22. The van der Waals surface area contributed by atoms with E-state index in [0.717, 1.165) is 31.5 Å². The lowest BCUT2D eigenvalue weighted by Gasteiger charge is -2.04. The second-order valence-corrected chi connectivity index (χ2v) is 2.76. The molecule has 0 heterocycles. The minimum Gasteiger partial charge on any atom is -0.385 e. The van der Waals surface area contributed by atoms with Gasteiger partial charge in [0, 0.05) is 12.2 Å². The molecule has 0 saturated carbocycles. The summed E-state index contributed by atoms with van der Waals surface area (Å²) in [6.45, 7) is 4.41. The number of hydrogen-bond acceptors (Lipinski definition) is 1. The van der Waals surface area contributed by atoms with E-state index >= 15 is 0 Å². The van der Waals surface area contributed by atoms with E-state index in [0.29, 0.717) is 5.69 Å². The van der Waals surface area contributed by atoms with Crippen LogP contribution in [0.4, 0.5) is 14.5 Å². The Bertz CT molecular complexity index is 274. The van der Waals surface area contributed by atoms with Crippen molar-refractivity contribution in [3.8, 4) is 0 Å². The molecule has 3 heteroatoms. The second kappa shape index (κ2) is 4.80. The summed E-state index contributed by atoms with van der Waals surface area (Å²) in [5.74, 6) is -1.64. The standard InChI is InChI=1S/C10H12F2N/c1-2-3-6-13-8-4-5-9(11)10(12)7-8/h4-5,7,13H,1-3,6H2. The van der Waals surface area contributed by atoms with Crippen LogP contribution in [0.15, 0.2) is 18.2 Å². The van der Waals surface area contributed by atoms with Crippen LogP contribution in [-0.4, -0.2) is 6.54 Å². The lowest BCUT2D eigenvalue weighted by molar-refractivity contribution is 0.509. The number of nitrogens with one attached hydrogen (secondary N) is 1. The molecule has 0 spiro atoms. The first-order valence-electron chi connectivity index (χ1n) is 4.22. The number of rotatable bonds is 4. The van der Waals surface area contributed by atoms with Crippen molar-refractivity contribution in [2.45, 2.75) is 12.8 Å². The molecule has 1 N–H and O–H groups in total. The molecule has 0 unspecified atom stereocenters. The molecule has 0 aliphatic rings. The van der Waals surface area contributed by atoms with Crippen molar-refractivity contribution in [3.05, 3.63) is 36.8 Å². The van der Waals surface area contributed by atoms with Crippen molar-refractivity contribution in [1.29, 1.82) is 0 Å². The molecule has 0 saturated heterocycles. The lowest BCUT2D eigenvalue weighted by atomic mass is 10.3. The largest absolute Gasteiger partial charge is 0.385 e. The minimum atomic E-state index is -0.820. The molecule has 0 bridgehead atoms. The van der Waals surface area contributed by atoms with Gasteiger partial charge in [0.05, 0.1) is 0 Å². The van der Waals surface area contributed by atoms with Gasteiger partial charge in [-0.3, -0.25) is 0 Å². The number of hydrogen-bond donors (Lipinski definition) is 1. The van der Waals surface area contributed by atoms with Crippen LogP contribution >= 0.6 is 0 Å². The van der Waals surface area contributed by atoms with Crippen LogP contribution in [0.1, 0.15) is 12.8 Å². The normalized spacial score (nSPS) is 10.1. The summed E-state index contributed by atoms with van der Waals surface area (Å²) in [6, 6.07) is 3.78. The summed E-state index contributed by atoms with van der Waals surface area (Å²) in [5.41, 5.74) is 0.604. The predicted octanol–water partition coefficient (Wildman–Crippen LogP) is 2.99. The van der Waals surface area contributed by atoms with Gasteiger partial charge in [0.15, 0.2) is 11.6 Å². The van der Waals surface area contributed by atoms with Crippen LogP contribution in [-0.2, 0) is 0 Å². The van der Waals surface area contributed by atoms with Crippen LogP contribution in [0.2, 0.25) is 0 Å². The average molecular weight is 184 g/mol. The van der Waals surface area contributed by atoms with Crippen molar-refractivity contribution < 1.29 is 8.78 Å². The number of anilines is 1. The third-order valence-electron chi connectivity index (χ3n) is 1.68. The van der Waals surface area contributed by atoms with Gasteiger partial charge in [-0.15, -0.1) is 0 Å². The molecule has 1 aromatic carbocycles. The Balaban J connectivity index is 2.53. The monoisotopic (exact) mass is 184 g/mol. The van der Waals surface area contributed by atoms with Gasteiger partial charge >= 0.3 is 0 Å². The van der Waals surface area contributed by atoms with E-state index in [2.05, 4.69) is 12.2 Å². The quantitative estimate of drug-likeness (QED) is 0.709. The Labute approximate surface area is 76.8 Å². The SMILES string of the molecule is [CH2]CCCNc1ccc(F)c(F)c1. The van der Waals surface area contributed by atoms with Gasteiger partial charge in [-0.05, 0) is 24.6 Å². The number of benzene rings is 1. The summed E-state index contributed by atoms with van der Waals surface area (Å²) < 4.78 is 25.1. The van der Waals surface area contributed by atoms with Crippen LogP contribution in [0, 0.1) is 18.6 Å². The van der Waals surface area contributed by atoms with Crippen molar-refractivity contribution >= 4 is 5.69 Å². The fourth-order valence-corrected chi connectivity index (χ4v) is 0.964. The molecule has 0 fully saturated rings. The molecule has 1 radical (unpaired) electrons. The summed E-state index contributed by atoms with van der Waals surface area (Å²) in [6.07, 6.45) is 1.75. The molecule has 0 aliphatic carbocycles. The molecule has 1 aromatic rings. The molecule has 0 aliphatic heterocycles. The topological polar surface area (TPSA) is 12.0 Å². The maximum absolute atomic E-state index is 12.7. The zero-order chi connectivity index (χ0) is 9.68. The van der Waals surface area contributed by atoms with Gasteiger partial charge in [0.2, 0.25) is 0 Å². The Hall–Kier alpha value is -1.12. The third kappa shape index (κ3) is 3.01. The highest BCUT2D eigenvalue weighted by molar-refractivity contribution is 5.43. The van der Waals surface area contributed by atoms with Crippen LogP contribution in [0.25, 0.3) is 0 Å². The van der Waals surface area contributed by atoms with Gasteiger partial charge in [-0.2, -0.15) is 0 Å². The summed E-state index contributed by atoms with van der Waals surface area (Å²) >= 11 is 0. The Kier molecular flexibility index (Phi) is 3.68. The molecule has 13 heavy (non-hydrogen) atoms. The second-order valence-electron chi connectivity index (χ2n) is 2.76. The van der Waals surface area contributed by atoms with E-state index in [1.807, 2.05) is 0 Å². The van der Waals surface area contributed by atoms with Crippen molar-refractivity contribution in [2.75, 3.05) is 11.9 Å². The number of unbranched alkanes of at least 4 members (excludes halogenated alkanes) is 1. The molecular formula is C10H12F2N. The molecule has 0 amide bonds. The van der Waals surface area contributed by atoms with Crippen molar-refractivity contribution in [1.82, 2.24) is 0 Å². The maximum Gasteiger partial charge on any atom is 0.160 e. The molecule has 1 rings (SSSR count). The van der Waals surface area contributed by atoms with Crippen molar-refractivity contribution in [3.63, 3.8) is 0 Å². The van der Waals surface area contributed by atoms with Gasteiger partial charge in [-0.25, -0.2) is 8.78 Å². The summed E-state index contributed by atoms with van der Waals surface area (Å²) in [5, 5.41) is 2.97. The highest BCUT2D eigenvalue weighted by Crippen LogP contribution is 2.12. The van der Waals surface area contributed by atoms with Crippen LogP contribution < -0.4 is 5.32 Å². The number of halogens is 2. The first-order chi connectivity index (χ1) is 6.24. The van der Waals surface area contributed by atoms with E-state index in [4.69, 9.17) is 0 Å². The molecular weight excluding hydrogens is 172 g/mol. The minimum absolute atomic E-state index is 0.604. The van der Waals surface area contributed by atoms with E-state index in [-0.39, 0.29) is 0 Å². The van der Waals surface area contributed by atoms with Gasteiger partial charge in [-0.1, -0.05) is 13.3 Å². The fourth-order valence-electron chi connectivity index (χ4n) is 0.964. The van der Waals surface area contributed by atoms with E-state index < -0.39 is 11.6 Å². The van der Waals surface area contributed by atoms with Crippen LogP contribution in [0.5, 0.6) is 0 Å². The molecule has 71 valence electrons. The fraction of sp³-hybridized carbons (Fsp3) is 0.300. The maximum atomic E-state index is 12.7. The Morgan fingerprint density at radius 2 is 2.00 bits per heavy atom. The zero-order valence-electron chi connectivity index (χ0n) is 7.32. The highest BCUT2D eigenvalue weighted by atomic mass is 19.2. The summed E-state index contributed by atoms with van der Waals surface area (Å²) in [7, 11) is 0. The first kappa shape index (κ1) is 9.96. The smallest absolute Gasteiger partial charge is 0.160 e. The molecule has 0 atom stereocenters.